The summed E-state index contributed by atoms with van der Waals surface area (Å²) in [4.78, 5) is 34.6. The van der Waals surface area contributed by atoms with Gasteiger partial charge in [-0.15, -0.1) is 22.7 Å². The molecule has 2 amide bonds. The third kappa shape index (κ3) is 5.66. The Balaban J connectivity index is 1.01. The van der Waals surface area contributed by atoms with Gasteiger partial charge >= 0.3 is 0 Å². The second-order valence-corrected chi connectivity index (χ2v) is 15.9. The van der Waals surface area contributed by atoms with Gasteiger partial charge in [0.25, 0.3) is 0 Å². The Hall–Kier alpha value is -3.75. The van der Waals surface area contributed by atoms with Gasteiger partial charge in [0.05, 0.1) is 41.7 Å². The molecule has 0 bridgehead atoms. The summed E-state index contributed by atoms with van der Waals surface area (Å²) in [5, 5.41) is 5.61. The van der Waals surface area contributed by atoms with Crippen LogP contribution in [0.25, 0.3) is 31.6 Å². The number of para-hydroxylation sites is 2. The van der Waals surface area contributed by atoms with E-state index in [4.69, 9.17) is 0 Å². The zero-order valence-electron chi connectivity index (χ0n) is 22.1. The quantitative estimate of drug-likeness (QED) is 0.165. The van der Waals surface area contributed by atoms with Gasteiger partial charge in [-0.2, -0.15) is 0 Å². The monoisotopic (exact) mass is 660 g/mol. The zero-order chi connectivity index (χ0) is 29.6. The second kappa shape index (κ2) is 11.4. The average molecular weight is 661 g/mol. The van der Waals surface area contributed by atoms with E-state index < -0.39 is 9.84 Å². The van der Waals surface area contributed by atoms with Gasteiger partial charge in [0.2, 0.25) is 21.7 Å². The van der Waals surface area contributed by atoms with Crippen molar-refractivity contribution in [2.75, 3.05) is 22.1 Å². The molecular formula is C30H20N4O4S5. The molecule has 43 heavy (non-hydrogen) atoms. The number of hydrogen-bond acceptors (Lipinski definition) is 10. The number of aromatic nitrogens is 2. The molecule has 0 fully saturated rings. The normalized spacial score (nSPS) is 13.1. The standard InChI is InChI=1S/C30H20N4O4S5/c35-27(15-39-29-33-21-5-1-3-7-23(21)41-29)31-17-9-11-19-20-12-10-18(14-26(20)43(37,38)25(19)13-17)32-28(36)16-40-30-34-22-6-2-4-8-24(22)42-30/h1-14H,15-16H2,(H,31,35)(H,32,36). The smallest absolute Gasteiger partial charge is 0.234 e. The molecule has 0 saturated carbocycles. The number of hydrogen-bond donors (Lipinski definition) is 2. The van der Waals surface area contributed by atoms with Crippen LogP contribution in [0.5, 0.6) is 0 Å². The molecule has 2 aromatic heterocycles. The van der Waals surface area contributed by atoms with Gasteiger partial charge < -0.3 is 10.6 Å². The Morgan fingerprint density at radius 2 is 1.09 bits per heavy atom. The van der Waals surface area contributed by atoms with Crippen LogP contribution in [-0.4, -0.2) is 41.7 Å². The number of rotatable bonds is 8. The highest BCUT2D eigenvalue weighted by atomic mass is 32.2. The maximum absolute atomic E-state index is 13.5. The fourth-order valence-corrected chi connectivity index (χ4v) is 10.2. The number of thioether (sulfide) groups is 2. The van der Waals surface area contributed by atoms with E-state index >= 15 is 0 Å². The molecule has 8 nitrogen and oxygen atoms in total. The van der Waals surface area contributed by atoms with Crippen LogP contribution in [0.3, 0.4) is 0 Å². The van der Waals surface area contributed by atoms with E-state index in [2.05, 4.69) is 20.6 Å². The lowest BCUT2D eigenvalue weighted by atomic mass is 10.0. The highest BCUT2D eigenvalue weighted by Crippen LogP contribution is 2.45. The number of amides is 2. The predicted molar refractivity (Wildman–Crippen MR) is 175 cm³/mol. The molecule has 0 spiro atoms. The van der Waals surface area contributed by atoms with E-state index in [9.17, 15) is 18.0 Å². The fraction of sp³-hybridized carbons (Fsp3) is 0.0667. The lowest BCUT2D eigenvalue weighted by Crippen LogP contribution is -2.14. The topological polar surface area (TPSA) is 118 Å². The molecule has 3 heterocycles. The predicted octanol–water partition coefficient (Wildman–Crippen LogP) is 7.18. The Morgan fingerprint density at radius 3 is 1.53 bits per heavy atom. The number of carbonyl (C=O) groups excluding carboxylic acids is 2. The average Bonchev–Trinajstić information content (AvgIpc) is 3.68. The summed E-state index contributed by atoms with van der Waals surface area (Å²) in [6.45, 7) is 0. The van der Waals surface area contributed by atoms with Crippen molar-refractivity contribution in [2.45, 2.75) is 18.5 Å². The maximum Gasteiger partial charge on any atom is 0.234 e. The van der Waals surface area contributed by atoms with Gasteiger partial charge in [0, 0.05) is 22.5 Å². The number of carbonyl (C=O) groups is 2. The Labute approximate surface area is 262 Å². The number of anilines is 2. The number of thiazole rings is 2. The second-order valence-electron chi connectivity index (χ2n) is 9.49. The van der Waals surface area contributed by atoms with Crippen molar-refractivity contribution in [3.8, 4) is 11.1 Å². The van der Waals surface area contributed by atoms with Gasteiger partial charge in [0.1, 0.15) is 0 Å². The molecule has 4 aromatic carbocycles. The first kappa shape index (κ1) is 28.0. The van der Waals surface area contributed by atoms with Crippen molar-refractivity contribution >= 4 is 99.7 Å². The first-order valence-electron chi connectivity index (χ1n) is 12.9. The third-order valence-corrected chi connectivity index (χ3v) is 12.8. The lowest BCUT2D eigenvalue weighted by Gasteiger charge is -2.07. The van der Waals surface area contributed by atoms with E-state index in [0.717, 1.165) is 29.1 Å². The van der Waals surface area contributed by atoms with Crippen LogP contribution in [0.2, 0.25) is 0 Å². The highest BCUT2D eigenvalue weighted by Gasteiger charge is 2.33. The SMILES string of the molecule is O=C(CSc1nc2ccccc2s1)Nc1ccc2c(c1)S(=O)(=O)c1cc(NC(=O)CSc3nc4ccccc4s3)ccc1-2. The molecule has 0 aliphatic carbocycles. The summed E-state index contributed by atoms with van der Waals surface area (Å²) in [6, 6.07) is 25.3. The lowest BCUT2D eigenvalue weighted by molar-refractivity contribution is -0.114. The minimum absolute atomic E-state index is 0.119. The highest BCUT2D eigenvalue weighted by molar-refractivity contribution is 8.02. The maximum atomic E-state index is 13.5. The van der Waals surface area contributed by atoms with Crippen LogP contribution >= 0.6 is 46.2 Å². The van der Waals surface area contributed by atoms with Crippen LogP contribution in [0, 0.1) is 0 Å². The molecule has 7 rings (SSSR count). The van der Waals surface area contributed by atoms with Crippen molar-refractivity contribution in [1.82, 2.24) is 9.97 Å². The van der Waals surface area contributed by atoms with E-state index in [1.54, 1.807) is 24.3 Å². The van der Waals surface area contributed by atoms with Crippen LogP contribution in [0.4, 0.5) is 11.4 Å². The molecule has 0 radical (unpaired) electrons. The van der Waals surface area contributed by atoms with E-state index in [1.807, 2.05) is 48.5 Å². The molecular weight excluding hydrogens is 641 g/mol. The Kier molecular flexibility index (Phi) is 7.43. The largest absolute Gasteiger partial charge is 0.325 e. The summed E-state index contributed by atoms with van der Waals surface area (Å²) < 4.78 is 30.7. The van der Waals surface area contributed by atoms with Crippen LogP contribution in [0.15, 0.2) is 103 Å². The number of fused-ring (bicyclic) bond motifs is 5. The molecule has 214 valence electrons. The molecule has 0 unspecified atom stereocenters. The number of nitrogens with zero attached hydrogens (tertiary/aromatic N) is 2. The first-order valence-corrected chi connectivity index (χ1v) is 18.0. The Morgan fingerprint density at radius 1 is 0.651 bits per heavy atom. The van der Waals surface area contributed by atoms with Gasteiger partial charge in [-0.1, -0.05) is 59.9 Å². The van der Waals surface area contributed by atoms with Gasteiger partial charge in [0.15, 0.2) is 8.68 Å². The summed E-state index contributed by atoms with van der Waals surface area (Å²) >= 11 is 5.72. The van der Waals surface area contributed by atoms with Crippen molar-refractivity contribution in [3.05, 3.63) is 84.9 Å². The molecule has 2 N–H and O–H groups in total. The van der Waals surface area contributed by atoms with Crippen LogP contribution in [0.1, 0.15) is 0 Å². The minimum atomic E-state index is -3.85. The van der Waals surface area contributed by atoms with E-state index in [1.165, 1.54) is 58.3 Å². The Bertz CT molecular complexity index is 1960. The number of sulfone groups is 1. The van der Waals surface area contributed by atoms with Crippen molar-refractivity contribution in [3.63, 3.8) is 0 Å². The van der Waals surface area contributed by atoms with Crippen molar-refractivity contribution in [2.24, 2.45) is 0 Å². The molecule has 0 atom stereocenters. The minimum Gasteiger partial charge on any atom is -0.325 e. The fourth-order valence-electron chi connectivity index (χ4n) is 4.68. The molecule has 6 aromatic rings. The number of nitrogens with one attached hydrogen (secondary N) is 2. The van der Waals surface area contributed by atoms with Crippen LogP contribution < -0.4 is 10.6 Å². The molecule has 1 aliphatic rings. The van der Waals surface area contributed by atoms with Crippen molar-refractivity contribution in [1.29, 1.82) is 0 Å². The van der Waals surface area contributed by atoms with Crippen molar-refractivity contribution < 1.29 is 18.0 Å². The van der Waals surface area contributed by atoms with Gasteiger partial charge in [-0.05, 0) is 48.5 Å². The van der Waals surface area contributed by atoms with Gasteiger partial charge in [-0.3, -0.25) is 9.59 Å². The van der Waals surface area contributed by atoms with E-state index in [0.29, 0.717) is 22.5 Å². The summed E-state index contributed by atoms with van der Waals surface area (Å²) in [7, 11) is -3.85. The molecule has 1 aliphatic heterocycles. The van der Waals surface area contributed by atoms with Crippen LogP contribution in [-0.2, 0) is 19.4 Å². The molecule has 13 heteroatoms. The summed E-state index contributed by atoms with van der Waals surface area (Å²) in [5.41, 5.74) is 3.69. The first-order chi connectivity index (χ1) is 20.8. The molecule has 0 saturated heterocycles. The number of benzene rings is 4. The van der Waals surface area contributed by atoms with Gasteiger partial charge in [-0.25, -0.2) is 18.4 Å². The van der Waals surface area contributed by atoms with E-state index in [-0.39, 0.29) is 33.1 Å². The summed E-state index contributed by atoms with van der Waals surface area (Å²) in [5.74, 6) is -0.231. The summed E-state index contributed by atoms with van der Waals surface area (Å²) in [6.07, 6.45) is 0. The zero-order valence-corrected chi connectivity index (χ0v) is 26.1. The third-order valence-electron chi connectivity index (χ3n) is 6.60.